The highest BCUT2D eigenvalue weighted by atomic mass is 19.4. The molecule has 2 aromatic heterocycles. The summed E-state index contributed by atoms with van der Waals surface area (Å²) in [6.07, 6.45) is -1.71. The maximum absolute atomic E-state index is 12.9. The van der Waals surface area contributed by atoms with Crippen LogP contribution in [0.3, 0.4) is 0 Å². The topological polar surface area (TPSA) is 96.1 Å². The van der Waals surface area contributed by atoms with Gasteiger partial charge in [0.2, 0.25) is 0 Å². The number of hydrogen-bond donors (Lipinski definition) is 1. The molecule has 3 heterocycles. The number of nitrogens with zero attached hydrogens (tertiary/aromatic N) is 5. The van der Waals surface area contributed by atoms with E-state index < -0.39 is 24.4 Å². The normalized spacial score (nSPS) is 14.4. The lowest BCUT2D eigenvalue weighted by Gasteiger charge is -2.23. The SMILES string of the molecule is C[C@H](Nc1ccc2c(c1)OCCn1cc(-c3ncnn3CC(F)(F)F)nc1-2)C(=O)OC(C)(C)C. The van der Waals surface area contributed by atoms with E-state index in [2.05, 4.69) is 20.4 Å². The Morgan fingerprint density at radius 1 is 1.26 bits per heavy atom. The summed E-state index contributed by atoms with van der Waals surface area (Å²) in [6.45, 7) is 6.63. The van der Waals surface area contributed by atoms with Gasteiger partial charge in [0, 0.05) is 18.0 Å². The van der Waals surface area contributed by atoms with E-state index in [0.29, 0.717) is 36.0 Å². The molecule has 1 aromatic carbocycles. The van der Waals surface area contributed by atoms with Gasteiger partial charge in [0.15, 0.2) is 5.82 Å². The van der Waals surface area contributed by atoms with E-state index in [9.17, 15) is 18.0 Å². The van der Waals surface area contributed by atoms with Gasteiger partial charge in [-0.1, -0.05) is 0 Å². The maximum atomic E-state index is 12.9. The zero-order valence-corrected chi connectivity index (χ0v) is 19.2. The van der Waals surface area contributed by atoms with Crippen LogP contribution in [0.2, 0.25) is 0 Å². The number of alkyl halides is 3. The van der Waals surface area contributed by atoms with Crippen LogP contribution in [0.5, 0.6) is 5.75 Å². The van der Waals surface area contributed by atoms with Crippen molar-refractivity contribution in [3.05, 3.63) is 30.7 Å². The van der Waals surface area contributed by atoms with Gasteiger partial charge in [0.1, 0.15) is 48.4 Å². The molecular formula is C22H25F3N6O3. The Morgan fingerprint density at radius 2 is 2.03 bits per heavy atom. The average Bonchev–Trinajstić information content (AvgIpc) is 3.29. The Labute approximate surface area is 193 Å². The quantitative estimate of drug-likeness (QED) is 0.556. The van der Waals surface area contributed by atoms with Crippen molar-refractivity contribution in [1.82, 2.24) is 24.3 Å². The molecule has 0 radical (unpaired) electrons. The van der Waals surface area contributed by atoms with Crippen LogP contribution in [0.15, 0.2) is 30.7 Å². The van der Waals surface area contributed by atoms with E-state index in [4.69, 9.17) is 9.47 Å². The van der Waals surface area contributed by atoms with Crippen molar-refractivity contribution in [3.8, 4) is 28.7 Å². The van der Waals surface area contributed by atoms with Gasteiger partial charge in [-0.05, 0) is 39.8 Å². The van der Waals surface area contributed by atoms with E-state index >= 15 is 0 Å². The molecular weight excluding hydrogens is 453 g/mol. The number of anilines is 1. The Bertz CT molecular complexity index is 1200. The Kier molecular flexibility index (Phi) is 6.00. The molecule has 34 heavy (non-hydrogen) atoms. The molecule has 0 saturated carbocycles. The molecule has 4 rings (SSSR count). The van der Waals surface area contributed by atoms with Crippen LogP contribution in [0.25, 0.3) is 22.9 Å². The highest BCUT2D eigenvalue weighted by Crippen LogP contribution is 2.36. The molecule has 0 bridgehead atoms. The number of ether oxygens (including phenoxy) is 2. The molecule has 0 spiro atoms. The number of esters is 1. The smallest absolute Gasteiger partial charge is 0.408 e. The molecule has 182 valence electrons. The summed E-state index contributed by atoms with van der Waals surface area (Å²) in [6, 6.07) is 4.73. The molecule has 12 heteroatoms. The number of benzene rings is 1. The molecule has 9 nitrogen and oxygen atoms in total. The van der Waals surface area contributed by atoms with Crippen LogP contribution in [-0.4, -0.2) is 54.7 Å². The number of aromatic nitrogens is 5. The number of carbonyl (C=O) groups excluding carboxylic acids is 1. The lowest BCUT2D eigenvalue weighted by Crippen LogP contribution is -2.34. The number of hydrogen-bond acceptors (Lipinski definition) is 7. The van der Waals surface area contributed by atoms with E-state index in [1.165, 1.54) is 0 Å². The molecule has 1 N–H and O–H groups in total. The van der Waals surface area contributed by atoms with Crippen LogP contribution in [0, 0.1) is 0 Å². The third kappa shape index (κ3) is 5.32. The van der Waals surface area contributed by atoms with Gasteiger partial charge in [0.25, 0.3) is 0 Å². The minimum atomic E-state index is -4.43. The fourth-order valence-corrected chi connectivity index (χ4v) is 3.53. The van der Waals surface area contributed by atoms with Crippen molar-refractivity contribution in [1.29, 1.82) is 0 Å². The maximum Gasteiger partial charge on any atom is 0.408 e. The molecule has 1 aliphatic heterocycles. The third-order valence-electron chi connectivity index (χ3n) is 4.91. The summed E-state index contributed by atoms with van der Waals surface area (Å²) in [5.74, 6) is 0.723. The first-order chi connectivity index (χ1) is 15.9. The Hall–Kier alpha value is -3.57. The molecule has 1 aliphatic rings. The van der Waals surface area contributed by atoms with Gasteiger partial charge in [-0.25, -0.2) is 19.4 Å². The first-order valence-electron chi connectivity index (χ1n) is 10.7. The number of fused-ring (bicyclic) bond motifs is 3. The summed E-state index contributed by atoms with van der Waals surface area (Å²) >= 11 is 0. The summed E-state index contributed by atoms with van der Waals surface area (Å²) in [7, 11) is 0. The van der Waals surface area contributed by atoms with Crippen molar-refractivity contribution in [2.24, 2.45) is 0 Å². The predicted molar refractivity (Wildman–Crippen MR) is 117 cm³/mol. The lowest BCUT2D eigenvalue weighted by atomic mass is 10.1. The van der Waals surface area contributed by atoms with Gasteiger partial charge in [0.05, 0.1) is 12.1 Å². The highest BCUT2D eigenvalue weighted by Gasteiger charge is 2.31. The second-order valence-corrected chi connectivity index (χ2v) is 8.96. The molecule has 0 aliphatic carbocycles. The highest BCUT2D eigenvalue weighted by molar-refractivity contribution is 5.80. The zero-order valence-electron chi connectivity index (χ0n) is 19.2. The summed E-state index contributed by atoms with van der Waals surface area (Å²) < 4.78 is 52.5. The van der Waals surface area contributed by atoms with Crippen molar-refractivity contribution in [2.45, 2.75) is 58.6 Å². The van der Waals surface area contributed by atoms with Crippen molar-refractivity contribution in [2.75, 3.05) is 11.9 Å². The minimum Gasteiger partial charge on any atom is -0.491 e. The summed E-state index contributed by atoms with van der Waals surface area (Å²) in [5, 5.41) is 6.79. The number of imidazole rings is 1. The number of carbonyl (C=O) groups is 1. The van der Waals surface area contributed by atoms with Crippen LogP contribution >= 0.6 is 0 Å². The molecule has 1 atom stereocenters. The summed E-state index contributed by atoms with van der Waals surface area (Å²) in [4.78, 5) is 20.8. The second-order valence-electron chi connectivity index (χ2n) is 8.96. The average molecular weight is 478 g/mol. The standard InChI is InChI=1S/C22H25F3N6O3/c1-13(20(32)34-21(2,3)4)28-14-5-6-15-17(9-14)33-8-7-30-10-16(29-18(15)30)19-26-12-27-31(19)11-22(23,24)25/h5-6,9-10,12-13,28H,7-8,11H2,1-4H3/t13-/m0/s1. The molecule has 0 amide bonds. The predicted octanol–water partition coefficient (Wildman–Crippen LogP) is 3.91. The molecule has 3 aromatic rings. The first kappa shape index (κ1) is 23.6. The van der Waals surface area contributed by atoms with Gasteiger partial charge >= 0.3 is 12.1 Å². The van der Waals surface area contributed by atoms with Gasteiger partial charge < -0.3 is 19.4 Å². The van der Waals surface area contributed by atoms with Crippen LogP contribution in [0.4, 0.5) is 18.9 Å². The van der Waals surface area contributed by atoms with Crippen LogP contribution < -0.4 is 10.1 Å². The molecule has 0 unspecified atom stereocenters. The van der Waals surface area contributed by atoms with Gasteiger partial charge in [-0.2, -0.15) is 18.3 Å². The third-order valence-corrected chi connectivity index (χ3v) is 4.91. The fourth-order valence-electron chi connectivity index (χ4n) is 3.53. The van der Waals surface area contributed by atoms with E-state index in [0.717, 1.165) is 11.0 Å². The van der Waals surface area contributed by atoms with E-state index in [-0.39, 0.29) is 17.5 Å². The van der Waals surface area contributed by atoms with Gasteiger partial charge in [-0.15, -0.1) is 0 Å². The molecule has 0 fully saturated rings. The van der Waals surface area contributed by atoms with Crippen molar-refractivity contribution < 1.29 is 27.4 Å². The van der Waals surface area contributed by atoms with Crippen molar-refractivity contribution in [3.63, 3.8) is 0 Å². The second kappa shape index (κ2) is 8.65. The summed E-state index contributed by atoms with van der Waals surface area (Å²) in [5.41, 5.74) is 1.01. The largest absolute Gasteiger partial charge is 0.491 e. The number of nitrogens with one attached hydrogen (secondary N) is 1. The van der Waals surface area contributed by atoms with Crippen molar-refractivity contribution >= 4 is 11.7 Å². The Balaban J connectivity index is 1.60. The molecule has 0 saturated heterocycles. The van der Waals surface area contributed by atoms with E-state index in [1.807, 2.05) is 4.57 Å². The lowest BCUT2D eigenvalue weighted by molar-refractivity contribution is -0.155. The van der Waals surface area contributed by atoms with Crippen LogP contribution in [-0.2, 0) is 22.6 Å². The Morgan fingerprint density at radius 3 is 2.74 bits per heavy atom. The van der Waals surface area contributed by atoms with E-state index in [1.54, 1.807) is 52.1 Å². The van der Waals surface area contributed by atoms with Crippen LogP contribution in [0.1, 0.15) is 27.7 Å². The first-order valence-corrected chi connectivity index (χ1v) is 10.7. The number of halogens is 3. The minimum absolute atomic E-state index is 0.0323. The number of rotatable bonds is 5. The zero-order chi connectivity index (χ0) is 24.7. The monoisotopic (exact) mass is 478 g/mol. The van der Waals surface area contributed by atoms with Gasteiger partial charge in [-0.3, -0.25) is 0 Å². The fraction of sp³-hybridized carbons (Fsp3) is 0.455.